The molecule has 22 heavy (non-hydrogen) atoms. The lowest BCUT2D eigenvalue weighted by atomic mass is 10.2. The normalized spacial score (nSPS) is 11.5. The first-order valence-electron chi connectivity index (χ1n) is 6.74. The van der Waals surface area contributed by atoms with Gasteiger partial charge in [0.25, 0.3) is 0 Å². The Balaban J connectivity index is 2.07. The van der Waals surface area contributed by atoms with Gasteiger partial charge in [-0.3, -0.25) is 0 Å². The first-order valence-corrected chi connectivity index (χ1v) is 7.62. The molecular formula is C16H16N2O3S. The number of hydrogen-bond donors (Lipinski definition) is 1. The molecule has 1 aromatic heterocycles. The highest BCUT2D eigenvalue weighted by atomic mass is 32.1. The van der Waals surface area contributed by atoms with E-state index in [2.05, 4.69) is 6.07 Å². The predicted molar refractivity (Wildman–Crippen MR) is 84.1 cm³/mol. The summed E-state index contributed by atoms with van der Waals surface area (Å²) in [6.45, 7) is 0.383. The lowest BCUT2D eigenvalue weighted by molar-refractivity contribution is 0.141. The third kappa shape index (κ3) is 4.24. The second-order valence-electron chi connectivity index (χ2n) is 4.75. The minimum absolute atomic E-state index is 0.213. The molecule has 5 nitrogen and oxygen atoms in total. The van der Waals surface area contributed by atoms with E-state index >= 15 is 0 Å². The molecular weight excluding hydrogens is 300 g/mol. The Labute approximate surface area is 133 Å². The molecule has 1 aromatic carbocycles. The second-order valence-corrected chi connectivity index (χ2v) is 5.73. The summed E-state index contributed by atoms with van der Waals surface area (Å²) in [4.78, 5) is 13.2. The van der Waals surface area contributed by atoms with Gasteiger partial charge in [0.15, 0.2) is 0 Å². The van der Waals surface area contributed by atoms with E-state index in [9.17, 15) is 4.79 Å². The molecule has 0 saturated heterocycles. The van der Waals surface area contributed by atoms with Crippen LogP contribution in [0.4, 0.5) is 4.79 Å². The molecule has 0 fully saturated rings. The summed E-state index contributed by atoms with van der Waals surface area (Å²) in [5, 5.41) is 19.7. The molecule has 0 unspecified atom stereocenters. The molecule has 1 N–H and O–H groups in total. The topological polar surface area (TPSA) is 73.6 Å². The van der Waals surface area contributed by atoms with Crippen molar-refractivity contribution in [1.29, 1.82) is 5.26 Å². The van der Waals surface area contributed by atoms with Crippen molar-refractivity contribution in [1.82, 2.24) is 4.90 Å². The number of ether oxygens (including phenoxy) is 1. The van der Waals surface area contributed by atoms with Crippen molar-refractivity contribution in [2.45, 2.75) is 12.5 Å². The molecule has 0 spiro atoms. The third-order valence-corrected chi connectivity index (χ3v) is 4.14. The molecule has 0 bridgehead atoms. The third-order valence-electron chi connectivity index (χ3n) is 3.18. The van der Waals surface area contributed by atoms with Gasteiger partial charge in [0, 0.05) is 24.9 Å². The average molecular weight is 316 g/mol. The Morgan fingerprint density at radius 1 is 1.41 bits per heavy atom. The molecule has 1 atom stereocenters. The lowest BCUT2D eigenvalue weighted by Gasteiger charge is -2.21. The van der Waals surface area contributed by atoms with Crippen molar-refractivity contribution >= 4 is 17.4 Å². The Bertz CT molecular complexity index is 647. The summed E-state index contributed by atoms with van der Waals surface area (Å²) in [6.07, 6.45) is -0.610. The van der Waals surface area contributed by atoms with Gasteiger partial charge < -0.3 is 14.7 Å². The van der Waals surface area contributed by atoms with Crippen LogP contribution in [0.25, 0.3) is 0 Å². The minimum atomic E-state index is -0.955. The van der Waals surface area contributed by atoms with E-state index in [1.165, 1.54) is 11.9 Å². The summed E-state index contributed by atoms with van der Waals surface area (Å²) < 4.78 is 5.97. The number of amides is 1. The standard InChI is InChI=1S/C16H16N2O3S/c1-18(16(19)20)9-8-14(15-3-2-10-22-15)21-13-6-4-12(11-17)5-7-13/h2-7,10,14H,8-9H2,1H3,(H,19,20)/t14-/m0/s1. The monoisotopic (exact) mass is 316 g/mol. The van der Waals surface area contributed by atoms with Gasteiger partial charge in [-0.1, -0.05) is 6.07 Å². The summed E-state index contributed by atoms with van der Waals surface area (Å²) in [6, 6.07) is 12.9. The second kappa shape index (κ2) is 7.48. The Morgan fingerprint density at radius 2 is 2.14 bits per heavy atom. The smallest absolute Gasteiger partial charge is 0.407 e. The van der Waals surface area contributed by atoms with E-state index in [0.29, 0.717) is 24.3 Å². The summed E-state index contributed by atoms with van der Waals surface area (Å²) in [5.74, 6) is 0.662. The molecule has 114 valence electrons. The SMILES string of the molecule is CN(CC[C@H](Oc1ccc(C#N)cc1)c1cccs1)C(=O)O. The van der Waals surface area contributed by atoms with Gasteiger partial charge in [0.05, 0.1) is 11.6 Å². The molecule has 6 heteroatoms. The van der Waals surface area contributed by atoms with Crippen LogP contribution >= 0.6 is 11.3 Å². The molecule has 1 amide bonds. The van der Waals surface area contributed by atoms with Crippen molar-refractivity contribution in [3.8, 4) is 11.8 Å². The molecule has 0 aliphatic rings. The fraction of sp³-hybridized carbons (Fsp3) is 0.250. The van der Waals surface area contributed by atoms with Crippen molar-refractivity contribution in [3.05, 3.63) is 52.2 Å². The first-order chi connectivity index (χ1) is 10.6. The molecule has 0 saturated carbocycles. The molecule has 0 aliphatic heterocycles. The van der Waals surface area contributed by atoms with Crippen molar-refractivity contribution < 1.29 is 14.6 Å². The number of benzene rings is 1. The summed E-state index contributed by atoms with van der Waals surface area (Å²) in [7, 11) is 1.54. The number of thiophene rings is 1. The Morgan fingerprint density at radius 3 is 2.68 bits per heavy atom. The summed E-state index contributed by atoms with van der Waals surface area (Å²) >= 11 is 1.57. The van der Waals surface area contributed by atoms with Gasteiger partial charge in [0.1, 0.15) is 11.9 Å². The van der Waals surface area contributed by atoms with E-state index < -0.39 is 6.09 Å². The number of nitriles is 1. The van der Waals surface area contributed by atoms with Crippen LogP contribution in [-0.2, 0) is 0 Å². The quantitative estimate of drug-likeness (QED) is 0.881. The number of hydrogen-bond acceptors (Lipinski definition) is 4. The number of nitrogens with zero attached hydrogens (tertiary/aromatic N) is 2. The fourth-order valence-electron chi connectivity index (χ4n) is 1.91. The maximum atomic E-state index is 10.9. The Kier molecular flexibility index (Phi) is 5.39. The maximum absolute atomic E-state index is 10.9. The predicted octanol–water partition coefficient (Wildman–Crippen LogP) is 3.74. The summed E-state index contributed by atoms with van der Waals surface area (Å²) in [5.41, 5.74) is 0.575. The van der Waals surface area contributed by atoms with Gasteiger partial charge in [-0.05, 0) is 35.7 Å². The number of rotatable bonds is 6. The zero-order valence-corrected chi connectivity index (χ0v) is 12.9. The average Bonchev–Trinajstić information content (AvgIpc) is 3.05. The van der Waals surface area contributed by atoms with E-state index in [4.69, 9.17) is 15.1 Å². The molecule has 1 heterocycles. The van der Waals surface area contributed by atoms with E-state index in [1.807, 2.05) is 17.5 Å². The van der Waals surface area contributed by atoms with Crippen molar-refractivity contribution in [3.63, 3.8) is 0 Å². The zero-order valence-electron chi connectivity index (χ0n) is 12.1. The molecule has 2 rings (SSSR count). The fourth-order valence-corrected chi connectivity index (χ4v) is 2.70. The van der Waals surface area contributed by atoms with Gasteiger partial charge in [-0.25, -0.2) is 4.79 Å². The highest BCUT2D eigenvalue weighted by Gasteiger charge is 2.17. The van der Waals surface area contributed by atoms with Crippen LogP contribution in [0.5, 0.6) is 5.75 Å². The van der Waals surface area contributed by atoms with Gasteiger partial charge in [-0.15, -0.1) is 11.3 Å². The van der Waals surface area contributed by atoms with E-state index in [1.54, 1.807) is 35.6 Å². The van der Waals surface area contributed by atoms with E-state index in [-0.39, 0.29) is 6.10 Å². The van der Waals surface area contributed by atoms with Crippen LogP contribution in [0.3, 0.4) is 0 Å². The maximum Gasteiger partial charge on any atom is 0.407 e. The van der Waals surface area contributed by atoms with Crippen LogP contribution in [0.1, 0.15) is 23.0 Å². The molecule has 0 radical (unpaired) electrons. The molecule has 2 aromatic rings. The van der Waals surface area contributed by atoms with Crippen LogP contribution in [-0.4, -0.2) is 29.7 Å². The van der Waals surface area contributed by atoms with E-state index in [0.717, 1.165) is 4.88 Å². The van der Waals surface area contributed by atoms with Crippen molar-refractivity contribution in [2.75, 3.05) is 13.6 Å². The first kappa shape index (κ1) is 15.9. The lowest BCUT2D eigenvalue weighted by Crippen LogP contribution is -2.27. The Hall–Kier alpha value is -2.52. The zero-order chi connectivity index (χ0) is 15.9. The number of carbonyl (C=O) groups is 1. The van der Waals surface area contributed by atoms with Crippen LogP contribution in [0.15, 0.2) is 41.8 Å². The van der Waals surface area contributed by atoms with Gasteiger partial charge >= 0.3 is 6.09 Å². The van der Waals surface area contributed by atoms with Gasteiger partial charge in [-0.2, -0.15) is 5.26 Å². The van der Waals surface area contributed by atoms with Crippen LogP contribution < -0.4 is 4.74 Å². The largest absolute Gasteiger partial charge is 0.485 e. The minimum Gasteiger partial charge on any atom is -0.485 e. The number of carboxylic acid groups (broad SMARTS) is 1. The van der Waals surface area contributed by atoms with Crippen molar-refractivity contribution in [2.24, 2.45) is 0 Å². The highest BCUT2D eigenvalue weighted by molar-refractivity contribution is 7.10. The van der Waals surface area contributed by atoms with Crippen LogP contribution in [0.2, 0.25) is 0 Å². The molecule has 0 aliphatic carbocycles. The van der Waals surface area contributed by atoms with Crippen LogP contribution in [0, 0.1) is 11.3 Å². The van der Waals surface area contributed by atoms with Gasteiger partial charge in [0.2, 0.25) is 0 Å². The highest BCUT2D eigenvalue weighted by Crippen LogP contribution is 2.28.